The molecule has 0 unspecified atom stereocenters. The lowest BCUT2D eigenvalue weighted by Crippen LogP contribution is -2.25. The first kappa shape index (κ1) is 20.3. The molecule has 0 aromatic heterocycles. The molecule has 1 aliphatic carbocycles. The van der Waals surface area contributed by atoms with Crippen molar-refractivity contribution in [1.29, 1.82) is 0 Å². The van der Waals surface area contributed by atoms with Gasteiger partial charge in [0.15, 0.2) is 0 Å². The van der Waals surface area contributed by atoms with E-state index in [-0.39, 0.29) is 35.0 Å². The fourth-order valence-electron chi connectivity index (χ4n) is 2.66. The first-order chi connectivity index (χ1) is 13.8. The highest BCUT2D eigenvalue weighted by Crippen LogP contribution is 2.27. The van der Waals surface area contributed by atoms with Crippen molar-refractivity contribution in [1.82, 2.24) is 5.32 Å². The molecule has 2 amide bonds. The number of nitro groups is 1. The number of rotatable bonds is 8. The molecule has 8 heteroatoms. The molecule has 0 aliphatic heterocycles. The van der Waals surface area contributed by atoms with Crippen LogP contribution < -0.4 is 16.0 Å². The van der Waals surface area contributed by atoms with E-state index in [2.05, 4.69) is 16.0 Å². The van der Waals surface area contributed by atoms with Crippen molar-refractivity contribution in [2.24, 2.45) is 5.92 Å². The summed E-state index contributed by atoms with van der Waals surface area (Å²) in [5.41, 5.74) is 2.07. The van der Waals surface area contributed by atoms with Gasteiger partial charge in [0.1, 0.15) is 5.69 Å². The Hall–Kier alpha value is -3.42. The van der Waals surface area contributed by atoms with E-state index in [0.717, 1.165) is 18.4 Å². The zero-order valence-electron chi connectivity index (χ0n) is 16.4. The standard InChI is InChI=1S/C21H24N4O4/c1-13(2)20(26)23-16-6-3-14(4-7-16)12-22-18-10-5-15(11-19(18)25(28)29)21(27)24-17-8-9-17/h3-7,10-11,13,17,22H,8-9,12H2,1-2H3,(H,23,26)(H,24,27). The molecule has 2 aromatic rings. The summed E-state index contributed by atoms with van der Waals surface area (Å²) in [6, 6.07) is 11.9. The van der Waals surface area contributed by atoms with E-state index < -0.39 is 4.92 Å². The number of carbonyl (C=O) groups excluding carboxylic acids is 2. The molecule has 0 spiro atoms. The second-order valence-corrected chi connectivity index (χ2v) is 7.43. The van der Waals surface area contributed by atoms with Crippen molar-refractivity contribution in [3.8, 4) is 0 Å². The SMILES string of the molecule is CC(C)C(=O)Nc1ccc(CNc2ccc(C(=O)NC3CC3)cc2[N+](=O)[O-])cc1. The predicted molar refractivity (Wildman–Crippen MR) is 111 cm³/mol. The van der Waals surface area contributed by atoms with Crippen molar-refractivity contribution in [3.63, 3.8) is 0 Å². The molecular weight excluding hydrogens is 372 g/mol. The van der Waals surface area contributed by atoms with Crippen LogP contribution in [0.4, 0.5) is 17.1 Å². The number of hydrogen-bond acceptors (Lipinski definition) is 5. The van der Waals surface area contributed by atoms with Crippen LogP contribution in [0, 0.1) is 16.0 Å². The molecule has 2 aromatic carbocycles. The summed E-state index contributed by atoms with van der Waals surface area (Å²) in [4.78, 5) is 34.8. The minimum absolute atomic E-state index is 0.0580. The average molecular weight is 396 g/mol. The zero-order valence-corrected chi connectivity index (χ0v) is 16.4. The molecule has 0 saturated heterocycles. The lowest BCUT2D eigenvalue weighted by atomic mass is 10.1. The minimum atomic E-state index is -0.499. The molecule has 0 heterocycles. The van der Waals surface area contributed by atoms with Crippen LogP contribution in [0.5, 0.6) is 0 Å². The van der Waals surface area contributed by atoms with Crippen molar-refractivity contribution in [2.45, 2.75) is 39.3 Å². The van der Waals surface area contributed by atoms with Gasteiger partial charge in [-0.1, -0.05) is 26.0 Å². The van der Waals surface area contributed by atoms with E-state index >= 15 is 0 Å². The number of carbonyl (C=O) groups is 2. The predicted octanol–water partition coefficient (Wildman–Crippen LogP) is 3.69. The Labute approximate surface area is 168 Å². The first-order valence-electron chi connectivity index (χ1n) is 9.56. The van der Waals surface area contributed by atoms with Crippen LogP contribution in [0.15, 0.2) is 42.5 Å². The Morgan fingerprint density at radius 1 is 1.14 bits per heavy atom. The zero-order chi connectivity index (χ0) is 21.0. The highest BCUT2D eigenvalue weighted by molar-refractivity contribution is 5.96. The van der Waals surface area contributed by atoms with Gasteiger partial charge in [0, 0.05) is 35.8 Å². The molecule has 29 heavy (non-hydrogen) atoms. The van der Waals surface area contributed by atoms with Gasteiger partial charge in [0.2, 0.25) is 5.91 Å². The van der Waals surface area contributed by atoms with Gasteiger partial charge in [-0.25, -0.2) is 0 Å². The number of amides is 2. The van der Waals surface area contributed by atoms with Gasteiger partial charge in [-0.2, -0.15) is 0 Å². The Morgan fingerprint density at radius 2 is 1.83 bits per heavy atom. The number of nitrogens with one attached hydrogen (secondary N) is 3. The van der Waals surface area contributed by atoms with Crippen LogP contribution in [0.1, 0.15) is 42.6 Å². The summed E-state index contributed by atoms with van der Waals surface area (Å²) in [5, 5.41) is 20.1. The smallest absolute Gasteiger partial charge is 0.293 e. The lowest BCUT2D eigenvalue weighted by molar-refractivity contribution is -0.384. The molecule has 3 N–H and O–H groups in total. The third-order valence-corrected chi connectivity index (χ3v) is 4.60. The molecule has 152 valence electrons. The van der Waals surface area contributed by atoms with E-state index in [0.29, 0.717) is 17.9 Å². The van der Waals surface area contributed by atoms with Gasteiger partial charge in [0.05, 0.1) is 4.92 Å². The number of hydrogen-bond donors (Lipinski definition) is 3. The highest BCUT2D eigenvalue weighted by Gasteiger charge is 2.25. The maximum absolute atomic E-state index is 12.1. The van der Waals surface area contributed by atoms with Crippen LogP contribution in [-0.4, -0.2) is 22.8 Å². The molecular formula is C21H24N4O4. The molecule has 1 fully saturated rings. The monoisotopic (exact) mass is 396 g/mol. The van der Waals surface area contributed by atoms with Gasteiger partial charge in [-0.05, 0) is 42.7 Å². The van der Waals surface area contributed by atoms with Crippen LogP contribution in [0.3, 0.4) is 0 Å². The van der Waals surface area contributed by atoms with Crippen LogP contribution in [-0.2, 0) is 11.3 Å². The quantitative estimate of drug-likeness (QED) is 0.465. The summed E-state index contributed by atoms with van der Waals surface area (Å²) in [6.07, 6.45) is 1.90. The summed E-state index contributed by atoms with van der Waals surface area (Å²) in [7, 11) is 0. The summed E-state index contributed by atoms with van der Waals surface area (Å²) < 4.78 is 0. The number of nitro benzene ring substituents is 1. The fraction of sp³-hybridized carbons (Fsp3) is 0.333. The summed E-state index contributed by atoms with van der Waals surface area (Å²) in [6.45, 7) is 4.01. The van der Waals surface area contributed by atoms with Gasteiger partial charge < -0.3 is 16.0 Å². The number of anilines is 2. The molecule has 0 atom stereocenters. The first-order valence-corrected chi connectivity index (χ1v) is 9.56. The van der Waals surface area contributed by atoms with E-state index in [9.17, 15) is 19.7 Å². The minimum Gasteiger partial charge on any atom is -0.375 e. The molecule has 1 saturated carbocycles. The Balaban J connectivity index is 1.65. The largest absolute Gasteiger partial charge is 0.375 e. The Morgan fingerprint density at radius 3 is 2.41 bits per heavy atom. The summed E-state index contributed by atoms with van der Waals surface area (Å²) >= 11 is 0. The molecule has 8 nitrogen and oxygen atoms in total. The fourth-order valence-corrected chi connectivity index (χ4v) is 2.66. The van der Waals surface area contributed by atoms with Gasteiger partial charge in [-0.15, -0.1) is 0 Å². The van der Waals surface area contributed by atoms with Crippen LogP contribution >= 0.6 is 0 Å². The van der Waals surface area contributed by atoms with E-state index in [1.807, 2.05) is 26.0 Å². The van der Waals surface area contributed by atoms with E-state index in [4.69, 9.17) is 0 Å². The van der Waals surface area contributed by atoms with Gasteiger partial charge >= 0.3 is 0 Å². The summed E-state index contributed by atoms with van der Waals surface area (Å²) in [5.74, 6) is -0.454. The molecule has 1 aliphatic rings. The topological polar surface area (TPSA) is 113 Å². The van der Waals surface area contributed by atoms with Gasteiger partial charge in [-0.3, -0.25) is 19.7 Å². The normalized spacial score (nSPS) is 13.1. The van der Waals surface area contributed by atoms with Crippen molar-refractivity contribution in [2.75, 3.05) is 10.6 Å². The second kappa shape index (κ2) is 8.72. The highest BCUT2D eigenvalue weighted by atomic mass is 16.6. The second-order valence-electron chi connectivity index (χ2n) is 7.43. The van der Waals surface area contributed by atoms with Gasteiger partial charge in [0.25, 0.3) is 11.6 Å². The molecule has 3 rings (SSSR count). The van der Waals surface area contributed by atoms with E-state index in [1.165, 1.54) is 6.07 Å². The Bertz CT molecular complexity index is 921. The van der Waals surface area contributed by atoms with E-state index in [1.54, 1.807) is 24.3 Å². The van der Waals surface area contributed by atoms with Crippen LogP contribution in [0.2, 0.25) is 0 Å². The third-order valence-electron chi connectivity index (χ3n) is 4.60. The number of nitrogens with zero attached hydrogens (tertiary/aromatic N) is 1. The Kier molecular flexibility index (Phi) is 6.11. The van der Waals surface area contributed by atoms with Crippen molar-refractivity contribution < 1.29 is 14.5 Å². The number of benzene rings is 2. The average Bonchev–Trinajstić information content (AvgIpc) is 3.51. The lowest BCUT2D eigenvalue weighted by Gasteiger charge is -2.11. The third kappa shape index (κ3) is 5.54. The maximum Gasteiger partial charge on any atom is 0.293 e. The molecule has 0 bridgehead atoms. The van der Waals surface area contributed by atoms with Crippen LogP contribution in [0.25, 0.3) is 0 Å². The maximum atomic E-state index is 12.1. The molecule has 0 radical (unpaired) electrons. The van der Waals surface area contributed by atoms with Crippen molar-refractivity contribution >= 4 is 28.9 Å². The van der Waals surface area contributed by atoms with Crippen molar-refractivity contribution in [3.05, 3.63) is 63.7 Å².